The van der Waals surface area contributed by atoms with E-state index in [1.54, 1.807) is 20.8 Å². The molecule has 0 aromatic rings. The molecule has 1 fully saturated rings. The van der Waals surface area contributed by atoms with E-state index in [0.717, 1.165) is 24.5 Å². The maximum atomic E-state index is 12.0. The van der Waals surface area contributed by atoms with E-state index in [9.17, 15) is 8.42 Å². The molecule has 0 aromatic carbocycles. The van der Waals surface area contributed by atoms with Crippen LogP contribution in [0.4, 0.5) is 0 Å². The lowest BCUT2D eigenvalue weighted by molar-refractivity contribution is 0.423. The molecule has 2 unspecified atom stereocenters. The molecule has 17 heavy (non-hydrogen) atoms. The van der Waals surface area contributed by atoms with Crippen LogP contribution >= 0.6 is 11.8 Å². The van der Waals surface area contributed by atoms with Crippen LogP contribution in [0, 0.1) is 5.92 Å². The molecule has 3 nitrogen and oxygen atoms in total. The third-order valence-corrected chi connectivity index (χ3v) is 7.25. The lowest BCUT2D eigenvalue weighted by Crippen LogP contribution is -2.37. The van der Waals surface area contributed by atoms with E-state index in [0.29, 0.717) is 17.7 Å². The SMILES string of the molecule is CCNC1CSCC1CCS(=O)(=O)C(C)(C)C. The first kappa shape index (κ1) is 15.3. The topological polar surface area (TPSA) is 46.2 Å². The summed E-state index contributed by atoms with van der Waals surface area (Å²) in [6.45, 7) is 8.42. The smallest absolute Gasteiger partial charge is 0.155 e. The molecule has 0 radical (unpaired) electrons. The van der Waals surface area contributed by atoms with Crippen LogP contribution in [0.2, 0.25) is 0 Å². The van der Waals surface area contributed by atoms with Gasteiger partial charge in [-0.2, -0.15) is 11.8 Å². The summed E-state index contributed by atoms with van der Waals surface area (Å²) in [6.07, 6.45) is 0.796. The second kappa shape index (κ2) is 5.93. The van der Waals surface area contributed by atoms with Crippen LogP contribution in [0.25, 0.3) is 0 Å². The zero-order chi connectivity index (χ0) is 13.1. The predicted molar refractivity (Wildman–Crippen MR) is 76.4 cm³/mol. The molecule has 1 aliphatic heterocycles. The maximum absolute atomic E-state index is 12.0. The van der Waals surface area contributed by atoms with Crippen molar-refractivity contribution in [2.24, 2.45) is 5.92 Å². The average molecular weight is 279 g/mol. The fraction of sp³-hybridized carbons (Fsp3) is 1.00. The van der Waals surface area contributed by atoms with Crippen molar-refractivity contribution in [1.29, 1.82) is 0 Å². The predicted octanol–water partition coefficient (Wildman–Crippen LogP) is 1.93. The number of rotatable bonds is 5. The van der Waals surface area contributed by atoms with Crippen LogP contribution < -0.4 is 5.32 Å². The fourth-order valence-electron chi connectivity index (χ4n) is 1.98. The van der Waals surface area contributed by atoms with Gasteiger partial charge in [-0.3, -0.25) is 0 Å². The quantitative estimate of drug-likeness (QED) is 0.835. The third kappa shape index (κ3) is 4.14. The number of sulfone groups is 1. The Kier molecular flexibility index (Phi) is 5.35. The summed E-state index contributed by atoms with van der Waals surface area (Å²) in [6, 6.07) is 0.500. The van der Waals surface area contributed by atoms with Crippen LogP contribution in [0.1, 0.15) is 34.1 Å². The standard InChI is InChI=1S/C12H25NO2S2/c1-5-13-11-9-16-8-10(11)6-7-17(14,15)12(2,3)4/h10-11,13H,5-9H2,1-4H3. The first-order valence-corrected chi connectivity index (χ1v) is 9.12. The molecular weight excluding hydrogens is 254 g/mol. The number of hydrogen-bond acceptors (Lipinski definition) is 4. The molecule has 1 heterocycles. The van der Waals surface area contributed by atoms with Crippen LogP contribution in [-0.4, -0.2) is 43.0 Å². The highest BCUT2D eigenvalue weighted by molar-refractivity contribution is 7.99. The van der Waals surface area contributed by atoms with Crippen molar-refractivity contribution in [3.63, 3.8) is 0 Å². The van der Waals surface area contributed by atoms with Gasteiger partial charge in [-0.25, -0.2) is 8.42 Å². The number of hydrogen-bond donors (Lipinski definition) is 1. The van der Waals surface area contributed by atoms with Crippen LogP contribution in [-0.2, 0) is 9.84 Å². The summed E-state index contributed by atoms with van der Waals surface area (Å²) in [5, 5.41) is 3.45. The Morgan fingerprint density at radius 2 is 1.94 bits per heavy atom. The summed E-state index contributed by atoms with van der Waals surface area (Å²) in [7, 11) is -2.96. The second-order valence-corrected chi connectivity index (χ2v) is 9.62. The first-order valence-electron chi connectivity index (χ1n) is 6.31. The minimum Gasteiger partial charge on any atom is -0.313 e. The van der Waals surface area contributed by atoms with Crippen molar-refractivity contribution in [3.05, 3.63) is 0 Å². The van der Waals surface area contributed by atoms with Crippen molar-refractivity contribution in [2.45, 2.75) is 44.9 Å². The van der Waals surface area contributed by atoms with E-state index in [-0.39, 0.29) is 0 Å². The molecule has 0 aliphatic carbocycles. The fourth-order valence-corrected chi connectivity index (χ4v) is 4.69. The Labute approximate surface area is 110 Å². The molecular formula is C12H25NO2S2. The van der Waals surface area contributed by atoms with Crippen molar-refractivity contribution in [3.8, 4) is 0 Å². The van der Waals surface area contributed by atoms with Gasteiger partial charge in [0.25, 0.3) is 0 Å². The van der Waals surface area contributed by atoms with E-state index < -0.39 is 14.6 Å². The Morgan fingerprint density at radius 1 is 1.29 bits per heavy atom. The minimum atomic E-state index is -2.96. The van der Waals surface area contributed by atoms with Gasteiger partial charge in [0.15, 0.2) is 9.84 Å². The summed E-state index contributed by atoms with van der Waals surface area (Å²) in [4.78, 5) is 0. The van der Waals surface area contributed by atoms with Gasteiger partial charge in [-0.1, -0.05) is 6.92 Å². The summed E-state index contributed by atoms with van der Waals surface area (Å²) >= 11 is 1.93. The van der Waals surface area contributed by atoms with Crippen LogP contribution in [0.5, 0.6) is 0 Å². The minimum absolute atomic E-state index is 0.323. The normalized spacial score (nSPS) is 26.4. The van der Waals surface area contributed by atoms with E-state index in [4.69, 9.17) is 0 Å². The highest BCUT2D eigenvalue weighted by Gasteiger charge is 2.32. The van der Waals surface area contributed by atoms with Gasteiger partial charge in [0.1, 0.15) is 0 Å². The molecule has 2 atom stereocenters. The van der Waals surface area contributed by atoms with Crippen molar-refractivity contribution >= 4 is 21.6 Å². The maximum Gasteiger partial charge on any atom is 0.155 e. The van der Waals surface area contributed by atoms with Gasteiger partial charge in [0, 0.05) is 11.8 Å². The highest BCUT2D eigenvalue weighted by atomic mass is 32.2. The van der Waals surface area contributed by atoms with Gasteiger partial charge in [0.2, 0.25) is 0 Å². The Balaban J connectivity index is 2.51. The van der Waals surface area contributed by atoms with Gasteiger partial charge in [0.05, 0.1) is 10.5 Å². The Morgan fingerprint density at radius 3 is 2.47 bits per heavy atom. The molecule has 0 saturated carbocycles. The molecule has 0 amide bonds. The summed E-state index contributed by atoms with van der Waals surface area (Å²) in [5.74, 6) is 3.05. The van der Waals surface area contributed by atoms with E-state index in [1.165, 1.54) is 0 Å². The first-order chi connectivity index (χ1) is 7.78. The van der Waals surface area contributed by atoms with Gasteiger partial charge >= 0.3 is 0 Å². The van der Waals surface area contributed by atoms with Gasteiger partial charge < -0.3 is 5.32 Å². The zero-order valence-electron chi connectivity index (χ0n) is 11.3. The zero-order valence-corrected chi connectivity index (χ0v) is 13.0. The summed E-state index contributed by atoms with van der Waals surface area (Å²) in [5.41, 5.74) is 0. The molecule has 102 valence electrons. The van der Waals surface area contributed by atoms with Crippen LogP contribution in [0.15, 0.2) is 0 Å². The molecule has 0 bridgehead atoms. The number of nitrogens with one attached hydrogen (secondary N) is 1. The Hall–Kier alpha value is 0.260. The van der Waals surface area contributed by atoms with E-state index in [2.05, 4.69) is 12.2 Å². The molecule has 0 aromatic heterocycles. The molecule has 1 N–H and O–H groups in total. The molecule has 1 saturated heterocycles. The van der Waals surface area contributed by atoms with E-state index >= 15 is 0 Å². The lowest BCUT2D eigenvalue weighted by atomic mass is 10.0. The number of thioether (sulfide) groups is 1. The second-order valence-electron chi connectivity index (χ2n) is 5.68. The van der Waals surface area contributed by atoms with E-state index in [1.807, 2.05) is 11.8 Å². The average Bonchev–Trinajstić information content (AvgIpc) is 2.61. The van der Waals surface area contributed by atoms with Gasteiger partial charge in [-0.15, -0.1) is 0 Å². The largest absolute Gasteiger partial charge is 0.313 e. The molecule has 1 rings (SSSR count). The van der Waals surface area contributed by atoms with Crippen molar-refractivity contribution in [2.75, 3.05) is 23.8 Å². The van der Waals surface area contributed by atoms with Gasteiger partial charge in [-0.05, 0) is 45.4 Å². The van der Waals surface area contributed by atoms with Crippen molar-refractivity contribution in [1.82, 2.24) is 5.32 Å². The lowest BCUT2D eigenvalue weighted by Gasteiger charge is -2.23. The highest BCUT2D eigenvalue weighted by Crippen LogP contribution is 2.28. The molecule has 0 spiro atoms. The summed E-state index contributed by atoms with van der Waals surface area (Å²) < 4.78 is 23.5. The third-order valence-electron chi connectivity index (χ3n) is 3.36. The van der Waals surface area contributed by atoms with Crippen molar-refractivity contribution < 1.29 is 8.42 Å². The van der Waals surface area contributed by atoms with Crippen LogP contribution in [0.3, 0.4) is 0 Å². The molecule has 5 heteroatoms. The Bertz CT molecular complexity index is 333. The monoisotopic (exact) mass is 279 g/mol. The molecule has 1 aliphatic rings.